The van der Waals surface area contributed by atoms with Crippen molar-refractivity contribution in [3.63, 3.8) is 0 Å². The molecule has 2 heterocycles. The molecule has 3 rings (SSSR count). The van der Waals surface area contributed by atoms with Gasteiger partial charge in [-0.05, 0) is 30.5 Å². The van der Waals surface area contributed by atoms with Gasteiger partial charge in [0.15, 0.2) is 0 Å². The van der Waals surface area contributed by atoms with E-state index in [1.165, 1.54) is 0 Å². The lowest BCUT2D eigenvalue weighted by Gasteiger charge is -2.35. The fraction of sp³-hybridized carbons (Fsp3) is 0.438. The lowest BCUT2D eigenvalue weighted by atomic mass is 10.0. The van der Waals surface area contributed by atoms with Gasteiger partial charge in [-0.3, -0.25) is 4.68 Å². The van der Waals surface area contributed by atoms with Crippen LogP contribution in [-0.2, 0) is 28.2 Å². The zero-order valence-electron chi connectivity index (χ0n) is 13.6. The molecule has 0 saturated heterocycles. The van der Waals surface area contributed by atoms with Crippen LogP contribution >= 0.6 is 0 Å². The number of aromatic nitrogens is 2. The summed E-state index contributed by atoms with van der Waals surface area (Å²) in [7, 11) is -0.164. The highest BCUT2D eigenvalue weighted by Crippen LogP contribution is 2.34. The molecular weight excluding hydrogens is 314 g/mol. The number of rotatable bonds is 4. The molecule has 0 amide bonds. The summed E-state index contributed by atoms with van der Waals surface area (Å²) in [6.07, 6.45) is 2.48. The van der Waals surface area contributed by atoms with E-state index in [-0.39, 0.29) is 6.04 Å². The maximum Gasteiger partial charge on any atom is 0.244 e. The van der Waals surface area contributed by atoms with Crippen LogP contribution in [0.25, 0.3) is 0 Å². The number of hydrogen-bond acceptors (Lipinski definition) is 4. The van der Waals surface area contributed by atoms with Crippen LogP contribution in [-0.4, -0.2) is 42.8 Å². The maximum atomic E-state index is 13.2. The lowest BCUT2D eigenvalue weighted by molar-refractivity contribution is 0.124. The molecule has 1 atom stereocenters. The number of fused-ring (bicyclic) bond motifs is 1. The molecule has 0 N–H and O–H groups in total. The monoisotopic (exact) mass is 335 g/mol. The first kappa shape index (κ1) is 16.2. The van der Waals surface area contributed by atoms with Gasteiger partial charge in [-0.15, -0.1) is 0 Å². The van der Waals surface area contributed by atoms with Gasteiger partial charge >= 0.3 is 0 Å². The van der Waals surface area contributed by atoms with E-state index in [1.54, 1.807) is 28.2 Å². The van der Waals surface area contributed by atoms with E-state index in [1.807, 2.05) is 32.3 Å². The summed E-state index contributed by atoms with van der Waals surface area (Å²) >= 11 is 0. The van der Waals surface area contributed by atoms with E-state index in [0.29, 0.717) is 24.5 Å². The first-order valence-electron chi connectivity index (χ1n) is 7.54. The second kappa shape index (κ2) is 6.07. The van der Waals surface area contributed by atoms with Crippen molar-refractivity contribution in [1.29, 1.82) is 0 Å². The number of sulfonamides is 1. The Kier molecular flexibility index (Phi) is 4.27. The van der Waals surface area contributed by atoms with E-state index in [0.717, 1.165) is 16.8 Å². The fourth-order valence-electron chi connectivity index (χ4n) is 3.22. The first-order chi connectivity index (χ1) is 11.0. The predicted molar refractivity (Wildman–Crippen MR) is 86.6 cm³/mol. The summed E-state index contributed by atoms with van der Waals surface area (Å²) < 4.78 is 35.0. The molecule has 0 aliphatic carbocycles. The summed E-state index contributed by atoms with van der Waals surface area (Å²) in [5.41, 5.74) is 2.75. The standard InChI is InChI=1S/C16H21N3O3S/c1-12-6-4-5-7-15(12)23(20,21)19-9-8-13-10-17-18(2)16(13)14(19)11-22-3/h4-7,10,14H,8-9,11H2,1-3H3. The fourth-order valence-corrected chi connectivity index (χ4v) is 5.02. The quantitative estimate of drug-likeness (QED) is 0.852. The van der Waals surface area contributed by atoms with Crippen LogP contribution < -0.4 is 0 Å². The molecule has 7 heteroatoms. The summed E-state index contributed by atoms with van der Waals surface area (Å²) in [5.74, 6) is 0. The molecule has 0 spiro atoms. The SMILES string of the molecule is COCC1c2c(cnn2C)CCN1S(=O)(=O)c1ccccc1C. The van der Waals surface area contributed by atoms with Gasteiger partial charge in [0, 0.05) is 20.7 Å². The second-order valence-electron chi connectivity index (χ2n) is 5.78. The van der Waals surface area contributed by atoms with E-state index in [2.05, 4.69) is 5.10 Å². The number of benzene rings is 1. The largest absolute Gasteiger partial charge is 0.383 e. The van der Waals surface area contributed by atoms with Crippen LogP contribution in [0.3, 0.4) is 0 Å². The number of methoxy groups -OCH3 is 1. The van der Waals surface area contributed by atoms with Crippen molar-refractivity contribution in [3.8, 4) is 0 Å². The molecule has 23 heavy (non-hydrogen) atoms. The number of ether oxygens (including phenoxy) is 1. The van der Waals surface area contributed by atoms with E-state index < -0.39 is 10.0 Å². The number of aryl methyl sites for hydroxylation is 2. The molecule has 1 aromatic carbocycles. The zero-order chi connectivity index (χ0) is 16.6. The lowest BCUT2D eigenvalue weighted by Crippen LogP contribution is -2.42. The van der Waals surface area contributed by atoms with Crippen molar-refractivity contribution < 1.29 is 13.2 Å². The molecule has 0 fully saturated rings. The smallest absolute Gasteiger partial charge is 0.244 e. The van der Waals surface area contributed by atoms with E-state index in [9.17, 15) is 8.42 Å². The maximum absolute atomic E-state index is 13.2. The van der Waals surface area contributed by atoms with Crippen LogP contribution in [0.1, 0.15) is 22.9 Å². The van der Waals surface area contributed by atoms with Gasteiger partial charge in [-0.1, -0.05) is 18.2 Å². The van der Waals surface area contributed by atoms with Gasteiger partial charge in [-0.25, -0.2) is 8.42 Å². The Bertz CT molecular complexity index is 814. The third-order valence-electron chi connectivity index (χ3n) is 4.33. The van der Waals surface area contributed by atoms with Gasteiger partial charge in [0.05, 0.1) is 29.4 Å². The van der Waals surface area contributed by atoms with Crippen molar-refractivity contribution in [3.05, 3.63) is 47.3 Å². The van der Waals surface area contributed by atoms with E-state index in [4.69, 9.17) is 4.74 Å². The Hall–Kier alpha value is -1.70. The minimum atomic E-state index is -3.59. The molecule has 1 aliphatic heterocycles. The minimum Gasteiger partial charge on any atom is -0.383 e. The van der Waals surface area contributed by atoms with Gasteiger partial charge in [0.2, 0.25) is 10.0 Å². The molecule has 1 aromatic heterocycles. The minimum absolute atomic E-state index is 0.303. The highest BCUT2D eigenvalue weighted by Gasteiger charge is 2.38. The Morgan fingerprint density at radius 3 is 2.78 bits per heavy atom. The third-order valence-corrected chi connectivity index (χ3v) is 6.40. The summed E-state index contributed by atoms with van der Waals surface area (Å²) in [6, 6.07) is 6.72. The first-order valence-corrected chi connectivity index (χ1v) is 8.98. The average molecular weight is 335 g/mol. The van der Waals surface area contributed by atoms with Crippen molar-refractivity contribution in [2.24, 2.45) is 7.05 Å². The van der Waals surface area contributed by atoms with Crippen LogP contribution in [0.5, 0.6) is 0 Å². The number of nitrogens with zero attached hydrogens (tertiary/aromatic N) is 3. The second-order valence-corrected chi connectivity index (χ2v) is 7.64. The molecule has 6 nitrogen and oxygen atoms in total. The van der Waals surface area contributed by atoms with E-state index >= 15 is 0 Å². The molecule has 0 radical (unpaired) electrons. The molecule has 1 aliphatic rings. The van der Waals surface area contributed by atoms with Crippen molar-refractivity contribution >= 4 is 10.0 Å². The molecule has 1 unspecified atom stereocenters. The molecule has 124 valence electrons. The van der Waals surface area contributed by atoms with Gasteiger partial charge in [0.1, 0.15) is 0 Å². The summed E-state index contributed by atoms with van der Waals surface area (Å²) in [5, 5.41) is 4.28. The highest BCUT2D eigenvalue weighted by molar-refractivity contribution is 7.89. The van der Waals surface area contributed by atoms with Crippen molar-refractivity contribution in [1.82, 2.24) is 14.1 Å². The van der Waals surface area contributed by atoms with Gasteiger partial charge < -0.3 is 4.74 Å². The van der Waals surface area contributed by atoms with Crippen LogP contribution in [0.15, 0.2) is 35.4 Å². The van der Waals surface area contributed by atoms with Gasteiger partial charge in [0.25, 0.3) is 0 Å². The Labute approximate surface area is 136 Å². The number of hydrogen-bond donors (Lipinski definition) is 0. The van der Waals surface area contributed by atoms with Crippen LogP contribution in [0.2, 0.25) is 0 Å². The predicted octanol–water partition coefficient (Wildman–Crippen LogP) is 1.66. The zero-order valence-corrected chi connectivity index (χ0v) is 14.4. The highest BCUT2D eigenvalue weighted by atomic mass is 32.2. The van der Waals surface area contributed by atoms with Crippen molar-refractivity contribution in [2.45, 2.75) is 24.3 Å². The van der Waals surface area contributed by atoms with Gasteiger partial charge in [-0.2, -0.15) is 9.40 Å². The Morgan fingerprint density at radius 2 is 2.09 bits per heavy atom. The average Bonchev–Trinajstić information content (AvgIpc) is 2.90. The van der Waals surface area contributed by atoms with Crippen LogP contribution in [0.4, 0.5) is 0 Å². The Morgan fingerprint density at radius 1 is 1.35 bits per heavy atom. The third kappa shape index (κ3) is 2.69. The van der Waals surface area contributed by atoms with Crippen LogP contribution in [0, 0.1) is 6.92 Å². The molecular formula is C16H21N3O3S. The molecule has 0 saturated carbocycles. The Balaban J connectivity index is 2.08. The normalized spacial score (nSPS) is 18.8. The molecule has 0 bridgehead atoms. The van der Waals surface area contributed by atoms with Crippen molar-refractivity contribution in [2.75, 3.05) is 20.3 Å². The topological polar surface area (TPSA) is 64.4 Å². The summed E-state index contributed by atoms with van der Waals surface area (Å²) in [4.78, 5) is 0.353. The molecule has 2 aromatic rings. The summed E-state index contributed by atoms with van der Waals surface area (Å²) in [6.45, 7) is 2.55.